The minimum Gasteiger partial charge on any atom is -0.292 e. The van der Waals surface area contributed by atoms with Gasteiger partial charge in [0.15, 0.2) is 5.78 Å². The van der Waals surface area contributed by atoms with Gasteiger partial charge in [0.05, 0.1) is 24.8 Å². The van der Waals surface area contributed by atoms with Gasteiger partial charge in [-0.2, -0.15) is 12.8 Å². The molecule has 25 heavy (non-hydrogen) atoms. The maximum atomic E-state index is 12.6. The van der Waals surface area contributed by atoms with E-state index in [9.17, 15) is 23.3 Å². The van der Waals surface area contributed by atoms with Gasteiger partial charge in [-0.15, -0.1) is 0 Å². The number of sulfonamides is 1. The van der Waals surface area contributed by atoms with E-state index in [2.05, 4.69) is 52.2 Å². The molecule has 0 spiro atoms. The molecule has 0 saturated heterocycles. The summed E-state index contributed by atoms with van der Waals surface area (Å²) < 4.78 is 28.1. The van der Waals surface area contributed by atoms with E-state index >= 15 is 0 Å². The second kappa shape index (κ2) is 7.01. The van der Waals surface area contributed by atoms with Gasteiger partial charge in [-0.1, -0.05) is 37.9 Å². The number of hydrogen-bond donors (Lipinski definition) is 0. The summed E-state index contributed by atoms with van der Waals surface area (Å²) in [6.07, 6.45) is 0. The fourth-order valence-electron chi connectivity index (χ4n) is 2.11. The number of allylic oxidation sites excluding steroid dienone is 2. The van der Waals surface area contributed by atoms with E-state index in [0.717, 1.165) is 6.07 Å². The molecule has 0 fully saturated rings. The molecule has 1 aromatic carbocycles. The van der Waals surface area contributed by atoms with E-state index < -0.39 is 24.1 Å². The van der Waals surface area contributed by atoms with Crippen LogP contribution in [0.4, 0.5) is 5.69 Å². The maximum Gasteiger partial charge on any atom is 0.282 e. The second-order valence-electron chi connectivity index (χ2n) is 5.41. The SMILES string of the molecule is CC1=C(Br)C(=O)[C@](C)(Br)[C@H](Br)C1=NS(=O)(=O)c1cccc([N+](=O)[O-])c1. The summed E-state index contributed by atoms with van der Waals surface area (Å²) in [5, 5.41) is 10.8. The van der Waals surface area contributed by atoms with Crippen LogP contribution in [-0.2, 0) is 14.8 Å². The first-order valence-corrected chi connectivity index (χ1v) is 10.7. The summed E-state index contributed by atoms with van der Waals surface area (Å²) in [7, 11) is -4.21. The predicted octanol–water partition coefficient (Wildman–Crippen LogP) is 3.89. The summed E-state index contributed by atoms with van der Waals surface area (Å²) in [4.78, 5) is 21.5. The number of alkyl halides is 2. The average molecular weight is 559 g/mol. The van der Waals surface area contributed by atoms with Crippen molar-refractivity contribution in [1.29, 1.82) is 0 Å². The second-order valence-corrected chi connectivity index (χ2v) is 10.4. The van der Waals surface area contributed by atoms with Gasteiger partial charge >= 0.3 is 0 Å². The molecule has 0 N–H and O–H groups in total. The minimum absolute atomic E-state index is 0.136. The molecule has 1 aliphatic rings. The number of benzene rings is 1. The third-order valence-electron chi connectivity index (χ3n) is 3.62. The first kappa shape index (κ1) is 20.4. The molecular weight excluding hydrogens is 548 g/mol. The minimum atomic E-state index is -4.21. The van der Waals surface area contributed by atoms with Gasteiger partial charge in [0.25, 0.3) is 15.7 Å². The van der Waals surface area contributed by atoms with Crippen molar-refractivity contribution in [3.63, 3.8) is 0 Å². The van der Waals surface area contributed by atoms with Crippen molar-refractivity contribution in [2.75, 3.05) is 0 Å². The number of non-ortho nitro benzene ring substituents is 1. The van der Waals surface area contributed by atoms with Crippen LogP contribution in [0.15, 0.2) is 43.6 Å². The molecule has 0 heterocycles. The van der Waals surface area contributed by atoms with Crippen LogP contribution in [0.1, 0.15) is 13.8 Å². The molecule has 11 heteroatoms. The Bertz CT molecular complexity index is 938. The van der Waals surface area contributed by atoms with Crippen LogP contribution in [0.5, 0.6) is 0 Å². The molecule has 0 amide bonds. The number of Topliss-reactive ketones (excluding diaryl/α,β-unsaturated/α-hetero) is 1. The molecule has 2 atom stereocenters. The maximum absolute atomic E-state index is 12.6. The lowest BCUT2D eigenvalue weighted by Crippen LogP contribution is -2.47. The van der Waals surface area contributed by atoms with Gasteiger partial charge in [0, 0.05) is 12.1 Å². The van der Waals surface area contributed by atoms with Crippen LogP contribution in [0.2, 0.25) is 0 Å². The van der Waals surface area contributed by atoms with E-state index in [1.165, 1.54) is 18.2 Å². The van der Waals surface area contributed by atoms with E-state index in [4.69, 9.17) is 0 Å². The zero-order valence-electron chi connectivity index (χ0n) is 12.9. The molecule has 2 rings (SSSR count). The molecule has 7 nitrogen and oxygen atoms in total. The van der Waals surface area contributed by atoms with Gasteiger partial charge in [0.2, 0.25) is 0 Å². The lowest BCUT2D eigenvalue weighted by Gasteiger charge is -2.33. The summed E-state index contributed by atoms with van der Waals surface area (Å²) in [5.74, 6) is -0.251. The predicted molar refractivity (Wildman–Crippen MR) is 104 cm³/mol. The number of nitro groups is 1. The normalized spacial score (nSPS) is 26.2. The van der Waals surface area contributed by atoms with Crippen molar-refractivity contribution in [3.8, 4) is 0 Å². The van der Waals surface area contributed by atoms with Crippen molar-refractivity contribution in [2.24, 2.45) is 4.40 Å². The van der Waals surface area contributed by atoms with Gasteiger partial charge in [-0.05, 0) is 41.4 Å². The van der Waals surface area contributed by atoms with Crippen LogP contribution in [0, 0.1) is 10.1 Å². The number of nitro benzene ring substituents is 1. The third kappa shape index (κ3) is 3.79. The van der Waals surface area contributed by atoms with Crippen molar-refractivity contribution < 1.29 is 18.1 Å². The first-order valence-electron chi connectivity index (χ1n) is 6.73. The molecule has 0 bridgehead atoms. The van der Waals surface area contributed by atoms with Crippen LogP contribution >= 0.6 is 47.8 Å². The molecule has 1 aliphatic carbocycles. The standard InChI is InChI=1S/C14H11Br3N2O5S/c1-7-10(15)13(20)14(2,17)12(16)11(7)18-25(23,24)9-5-3-4-8(6-9)19(21)22/h3-6,12H,1-2H3/t12-,14-/m1/s1. The molecule has 0 saturated carbocycles. The van der Waals surface area contributed by atoms with E-state index in [1.54, 1.807) is 13.8 Å². The molecule has 0 aliphatic heterocycles. The highest BCUT2D eigenvalue weighted by atomic mass is 79.9. The number of ketones is 1. The van der Waals surface area contributed by atoms with E-state index in [1.807, 2.05) is 0 Å². The number of carbonyl (C=O) groups is 1. The highest BCUT2D eigenvalue weighted by Crippen LogP contribution is 2.41. The Hall–Kier alpha value is -0.910. The Kier molecular flexibility index (Phi) is 5.72. The number of nitrogens with zero attached hydrogens (tertiary/aromatic N) is 2. The fraction of sp³-hybridized carbons (Fsp3) is 0.286. The zero-order valence-corrected chi connectivity index (χ0v) is 18.4. The Balaban J connectivity index is 2.63. The lowest BCUT2D eigenvalue weighted by molar-refractivity contribution is -0.385. The van der Waals surface area contributed by atoms with E-state index in [0.29, 0.717) is 5.57 Å². The van der Waals surface area contributed by atoms with Gasteiger partial charge in [0.1, 0.15) is 4.32 Å². The van der Waals surface area contributed by atoms with Crippen molar-refractivity contribution in [1.82, 2.24) is 0 Å². The Morgan fingerprint density at radius 1 is 1.36 bits per heavy atom. The third-order valence-corrected chi connectivity index (χ3v) is 8.64. The highest BCUT2D eigenvalue weighted by molar-refractivity contribution is 9.13. The monoisotopic (exact) mass is 556 g/mol. The summed E-state index contributed by atoms with van der Waals surface area (Å²) in [6, 6.07) is 4.63. The number of halogens is 3. The molecule has 1 aromatic rings. The van der Waals surface area contributed by atoms with Crippen LogP contribution < -0.4 is 0 Å². The molecular formula is C14H11Br3N2O5S. The van der Waals surface area contributed by atoms with Crippen LogP contribution in [-0.4, -0.2) is 34.0 Å². The Morgan fingerprint density at radius 3 is 2.52 bits per heavy atom. The van der Waals surface area contributed by atoms with E-state index in [-0.39, 0.29) is 26.6 Å². The molecule has 0 unspecified atom stereocenters. The summed E-state index contributed by atoms with van der Waals surface area (Å²) in [6.45, 7) is 3.16. The Morgan fingerprint density at radius 2 is 1.96 bits per heavy atom. The van der Waals surface area contributed by atoms with Gasteiger partial charge < -0.3 is 0 Å². The van der Waals surface area contributed by atoms with Crippen molar-refractivity contribution in [2.45, 2.75) is 27.9 Å². The number of rotatable bonds is 3. The summed E-state index contributed by atoms with van der Waals surface area (Å²) >= 11 is 9.79. The largest absolute Gasteiger partial charge is 0.292 e. The average Bonchev–Trinajstić information content (AvgIpc) is 2.56. The summed E-state index contributed by atoms with van der Waals surface area (Å²) in [5.41, 5.74) is 0.157. The van der Waals surface area contributed by atoms with Crippen LogP contribution in [0.25, 0.3) is 0 Å². The molecule has 0 aromatic heterocycles. The van der Waals surface area contributed by atoms with Gasteiger partial charge in [-0.25, -0.2) is 0 Å². The first-order chi connectivity index (χ1) is 11.4. The topological polar surface area (TPSA) is 107 Å². The molecule has 134 valence electrons. The number of carbonyl (C=O) groups excluding carboxylic acids is 1. The lowest BCUT2D eigenvalue weighted by atomic mass is 9.88. The number of hydrogen-bond acceptors (Lipinski definition) is 5. The highest BCUT2D eigenvalue weighted by Gasteiger charge is 2.47. The molecule has 0 radical (unpaired) electrons. The fourth-order valence-corrected chi connectivity index (χ4v) is 5.33. The quantitative estimate of drug-likeness (QED) is 0.318. The van der Waals surface area contributed by atoms with Crippen LogP contribution in [0.3, 0.4) is 0 Å². The Labute approximate surface area is 169 Å². The zero-order chi connectivity index (χ0) is 19.2. The van der Waals surface area contributed by atoms with Gasteiger partial charge in [-0.3, -0.25) is 14.9 Å². The smallest absolute Gasteiger partial charge is 0.282 e. The van der Waals surface area contributed by atoms with Crippen molar-refractivity contribution >= 4 is 75.0 Å². The van der Waals surface area contributed by atoms with Crippen molar-refractivity contribution in [3.05, 3.63) is 44.4 Å².